The van der Waals surface area contributed by atoms with Crippen LogP contribution in [0.1, 0.15) is 12.5 Å². The first-order chi connectivity index (χ1) is 8.02. The van der Waals surface area contributed by atoms with E-state index in [2.05, 4.69) is 10.6 Å². The lowest BCUT2D eigenvalue weighted by molar-refractivity contribution is 0.173. The molecular weight excluding hydrogens is 223 g/mol. The van der Waals surface area contributed by atoms with Crippen LogP contribution in [0.4, 0.5) is 14.9 Å². The third-order valence-electron chi connectivity index (χ3n) is 2.22. The molecule has 0 heterocycles. The third-order valence-corrected chi connectivity index (χ3v) is 2.22. The van der Waals surface area contributed by atoms with E-state index in [9.17, 15) is 9.18 Å². The van der Waals surface area contributed by atoms with Crippen LogP contribution < -0.4 is 10.6 Å². The van der Waals surface area contributed by atoms with E-state index >= 15 is 0 Å². The molecule has 0 radical (unpaired) electrons. The van der Waals surface area contributed by atoms with Gasteiger partial charge in [0.05, 0.1) is 12.6 Å². The van der Waals surface area contributed by atoms with Gasteiger partial charge in [0.1, 0.15) is 5.82 Å². The molecule has 0 saturated carbocycles. The average molecular weight is 240 g/mol. The van der Waals surface area contributed by atoms with Gasteiger partial charge in [-0.3, -0.25) is 0 Å². The molecule has 1 atom stereocenters. The molecule has 0 aromatic heterocycles. The number of aryl methyl sites for hydroxylation is 1. The standard InChI is InChI=1S/C12H17FN2O2/c1-8-4-5-10(6-11(8)13)15-12(16)14-9(2)7-17-3/h4-6,9H,7H2,1-3H3,(H2,14,15,16)/t9-/m1/s1. The number of urea groups is 1. The van der Waals surface area contributed by atoms with Crippen molar-refractivity contribution in [3.05, 3.63) is 29.6 Å². The van der Waals surface area contributed by atoms with Gasteiger partial charge in [0.2, 0.25) is 0 Å². The summed E-state index contributed by atoms with van der Waals surface area (Å²) in [5.74, 6) is -0.340. The van der Waals surface area contributed by atoms with E-state index in [4.69, 9.17) is 4.74 Å². The molecule has 17 heavy (non-hydrogen) atoms. The van der Waals surface area contributed by atoms with E-state index < -0.39 is 0 Å². The van der Waals surface area contributed by atoms with Gasteiger partial charge in [0, 0.05) is 12.8 Å². The maximum Gasteiger partial charge on any atom is 0.319 e. The molecule has 1 aromatic rings. The molecule has 4 nitrogen and oxygen atoms in total. The number of amides is 2. The first-order valence-corrected chi connectivity index (χ1v) is 5.35. The van der Waals surface area contributed by atoms with E-state index in [0.717, 1.165) is 0 Å². The van der Waals surface area contributed by atoms with Crippen molar-refractivity contribution in [2.45, 2.75) is 19.9 Å². The predicted molar refractivity (Wildman–Crippen MR) is 64.6 cm³/mol. The number of carbonyl (C=O) groups is 1. The monoisotopic (exact) mass is 240 g/mol. The topological polar surface area (TPSA) is 50.4 Å². The zero-order valence-electron chi connectivity index (χ0n) is 10.2. The van der Waals surface area contributed by atoms with Crippen LogP contribution in [0.15, 0.2) is 18.2 Å². The lowest BCUT2D eigenvalue weighted by Gasteiger charge is -2.13. The lowest BCUT2D eigenvalue weighted by Crippen LogP contribution is -2.38. The number of methoxy groups -OCH3 is 1. The van der Waals surface area contributed by atoms with Crippen LogP contribution in [-0.4, -0.2) is 25.8 Å². The highest BCUT2D eigenvalue weighted by Gasteiger charge is 2.07. The molecule has 2 amide bonds. The van der Waals surface area contributed by atoms with Crippen LogP contribution in [0, 0.1) is 12.7 Å². The highest BCUT2D eigenvalue weighted by atomic mass is 19.1. The van der Waals surface area contributed by atoms with Gasteiger partial charge in [0.15, 0.2) is 0 Å². The zero-order valence-corrected chi connectivity index (χ0v) is 10.2. The lowest BCUT2D eigenvalue weighted by atomic mass is 10.2. The van der Waals surface area contributed by atoms with Crippen LogP contribution in [0.5, 0.6) is 0 Å². The number of nitrogens with one attached hydrogen (secondary N) is 2. The summed E-state index contributed by atoms with van der Waals surface area (Å²) < 4.78 is 18.1. The van der Waals surface area contributed by atoms with E-state index in [0.29, 0.717) is 17.9 Å². The molecule has 0 fully saturated rings. The van der Waals surface area contributed by atoms with Crippen molar-refractivity contribution >= 4 is 11.7 Å². The number of hydrogen-bond donors (Lipinski definition) is 2. The molecule has 2 N–H and O–H groups in total. The first kappa shape index (κ1) is 13.4. The highest BCUT2D eigenvalue weighted by Crippen LogP contribution is 2.13. The Kier molecular flexibility index (Phi) is 4.90. The minimum Gasteiger partial charge on any atom is -0.383 e. The molecule has 0 aliphatic rings. The normalized spacial score (nSPS) is 12.0. The largest absolute Gasteiger partial charge is 0.383 e. The molecule has 0 spiro atoms. The Labute approximate surface area is 100 Å². The van der Waals surface area contributed by atoms with Gasteiger partial charge in [-0.1, -0.05) is 6.07 Å². The van der Waals surface area contributed by atoms with E-state index in [1.165, 1.54) is 6.07 Å². The fraction of sp³-hybridized carbons (Fsp3) is 0.417. The number of anilines is 1. The number of carbonyl (C=O) groups excluding carboxylic acids is 1. The van der Waals surface area contributed by atoms with Crippen LogP contribution >= 0.6 is 0 Å². The number of ether oxygens (including phenoxy) is 1. The van der Waals surface area contributed by atoms with Crippen molar-refractivity contribution < 1.29 is 13.9 Å². The zero-order chi connectivity index (χ0) is 12.8. The van der Waals surface area contributed by atoms with E-state index in [-0.39, 0.29) is 17.9 Å². The molecule has 5 heteroatoms. The second-order valence-corrected chi connectivity index (χ2v) is 3.92. The molecule has 0 aliphatic carbocycles. The van der Waals surface area contributed by atoms with Crippen LogP contribution in [0.2, 0.25) is 0 Å². The minimum absolute atomic E-state index is 0.102. The van der Waals surface area contributed by atoms with Gasteiger partial charge in [0.25, 0.3) is 0 Å². The van der Waals surface area contributed by atoms with Crippen molar-refractivity contribution in [1.29, 1.82) is 0 Å². The smallest absolute Gasteiger partial charge is 0.319 e. The summed E-state index contributed by atoms with van der Waals surface area (Å²) in [6.45, 7) is 3.91. The van der Waals surface area contributed by atoms with Crippen molar-refractivity contribution in [1.82, 2.24) is 5.32 Å². The molecule has 0 aliphatic heterocycles. The van der Waals surface area contributed by atoms with Crippen molar-refractivity contribution in [3.63, 3.8) is 0 Å². The number of benzene rings is 1. The van der Waals surface area contributed by atoms with Gasteiger partial charge in [-0.2, -0.15) is 0 Å². The molecule has 0 bridgehead atoms. The molecule has 0 unspecified atom stereocenters. The maximum absolute atomic E-state index is 13.2. The summed E-state index contributed by atoms with van der Waals surface area (Å²) in [4.78, 5) is 11.5. The maximum atomic E-state index is 13.2. The number of halogens is 1. The Morgan fingerprint density at radius 1 is 1.53 bits per heavy atom. The Balaban J connectivity index is 2.53. The minimum atomic E-state index is -0.377. The molecule has 1 rings (SSSR count). The van der Waals surface area contributed by atoms with E-state index in [1.807, 2.05) is 6.92 Å². The van der Waals surface area contributed by atoms with Gasteiger partial charge in [-0.25, -0.2) is 9.18 Å². The van der Waals surface area contributed by atoms with Gasteiger partial charge in [-0.05, 0) is 31.5 Å². The fourth-order valence-electron chi connectivity index (χ4n) is 1.35. The van der Waals surface area contributed by atoms with E-state index in [1.54, 1.807) is 26.2 Å². The number of hydrogen-bond acceptors (Lipinski definition) is 2. The second kappa shape index (κ2) is 6.20. The summed E-state index contributed by atoms with van der Waals surface area (Å²) in [6.07, 6.45) is 0. The van der Waals surface area contributed by atoms with Crippen LogP contribution in [0.3, 0.4) is 0 Å². The van der Waals surface area contributed by atoms with Gasteiger partial charge in [-0.15, -0.1) is 0 Å². The SMILES string of the molecule is COC[C@@H](C)NC(=O)Nc1ccc(C)c(F)c1. The van der Waals surface area contributed by atoms with Crippen molar-refractivity contribution in [3.8, 4) is 0 Å². The van der Waals surface area contributed by atoms with Gasteiger partial charge < -0.3 is 15.4 Å². The fourth-order valence-corrected chi connectivity index (χ4v) is 1.35. The van der Waals surface area contributed by atoms with Crippen LogP contribution in [-0.2, 0) is 4.74 Å². The summed E-state index contributed by atoms with van der Waals surface area (Å²) in [5.41, 5.74) is 0.971. The Morgan fingerprint density at radius 3 is 2.82 bits per heavy atom. The Morgan fingerprint density at radius 2 is 2.24 bits per heavy atom. The van der Waals surface area contributed by atoms with Crippen LogP contribution in [0.25, 0.3) is 0 Å². The summed E-state index contributed by atoms with van der Waals surface area (Å²) in [6, 6.07) is 4.08. The molecule has 0 saturated heterocycles. The molecular formula is C12H17FN2O2. The Bertz CT molecular complexity index is 396. The van der Waals surface area contributed by atoms with Crippen molar-refractivity contribution in [2.75, 3.05) is 19.0 Å². The first-order valence-electron chi connectivity index (χ1n) is 5.35. The highest BCUT2D eigenvalue weighted by molar-refractivity contribution is 5.89. The molecule has 1 aromatic carbocycles. The molecule has 94 valence electrons. The van der Waals surface area contributed by atoms with Crippen molar-refractivity contribution in [2.24, 2.45) is 0 Å². The quantitative estimate of drug-likeness (QED) is 0.848. The third kappa shape index (κ3) is 4.40. The van der Waals surface area contributed by atoms with Gasteiger partial charge >= 0.3 is 6.03 Å². The predicted octanol–water partition coefficient (Wildman–Crippen LogP) is 2.29. The summed E-state index contributed by atoms with van der Waals surface area (Å²) >= 11 is 0. The second-order valence-electron chi connectivity index (χ2n) is 3.92. The summed E-state index contributed by atoms with van der Waals surface area (Å²) in [5, 5.41) is 5.22. The number of rotatable bonds is 4. The summed E-state index contributed by atoms with van der Waals surface area (Å²) in [7, 11) is 1.56. The average Bonchev–Trinajstić information content (AvgIpc) is 2.23. The Hall–Kier alpha value is -1.62.